The number of carbonyl (C=O) groups excluding carboxylic acids is 1. The van der Waals surface area contributed by atoms with E-state index in [1.165, 1.54) is 18.4 Å². The lowest BCUT2D eigenvalue weighted by molar-refractivity contribution is 0.0594. The summed E-state index contributed by atoms with van der Waals surface area (Å²) in [4.78, 5) is 16.8. The molecule has 0 aliphatic heterocycles. The Hall–Kier alpha value is -1.88. The first-order chi connectivity index (χ1) is 9.65. The summed E-state index contributed by atoms with van der Waals surface area (Å²) in [6, 6.07) is 7.73. The minimum atomic E-state index is -0.395. The van der Waals surface area contributed by atoms with E-state index in [4.69, 9.17) is 9.47 Å². The number of thiazole rings is 1. The number of hydrogen-bond donors (Lipinski definition) is 0. The van der Waals surface area contributed by atoms with Gasteiger partial charge in [0.1, 0.15) is 10.8 Å². The summed E-state index contributed by atoms with van der Waals surface area (Å²) < 4.78 is 10.3. The second-order valence-electron chi connectivity index (χ2n) is 4.29. The van der Waals surface area contributed by atoms with Gasteiger partial charge in [-0.2, -0.15) is 0 Å². The molecule has 4 nitrogen and oxygen atoms in total. The van der Waals surface area contributed by atoms with Crippen LogP contribution in [0.2, 0.25) is 0 Å². The van der Waals surface area contributed by atoms with E-state index < -0.39 is 5.97 Å². The van der Waals surface area contributed by atoms with Gasteiger partial charge >= 0.3 is 5.97 Å². The Bertz CT molecular complexity index is 590. The van der Waals surface area contributed by atoms with Crippen molar-refractivity contribution in [2.75, 3.05) is 13.7 Å². The van der Waals surface area contributed by atoms with Crippen molar-refractivity contribution >= 4 is 17.3 Å². The number of esters is 1. The number of nitrogens with zero attached hydrogens (tertiary/aromatic N) is 1. The van der Waals surface area contributed by atoms with Crippen LogP contribution in [0.4, 0.5) is 0 Å². The summed E-state index contributed by atoms with van der Waals surface area (Å²) >= 11 is 1.48. The van der Waals surface area contributed by atoms with Crippen molar-refractivity contribution in [3.63, 3.8) is 0 Å². The van der Waals surface area contributed by atoms with Crippen LogP contribution in [-0.2, 0) is 4.74 Å². The second-order valence-corrected chi connectivity index (χ2v) is 5.49. The SMILES string of the molecule is CCCOc1ccc(-c2nc(C(=O)OC)c(C)s2)cc1. The molecule has 0 aliphatic rings. The van der Waals surface area contributed by atoms with Gasteiger partial charge in [0.2, 0.25) is 0 Å². The first-order valence-corrected chi connectivity index (χ1v) is 7.26. The van der Waals surface area contributed by atoms with Gasteiger partial charge in [0.15, 0.2) is 5.69 Å². The minimum Gasteiger partial charge on any atom is -0.494 e. The van der Waals surface area contributed by atoms with E-state index in [0.29, 0.717) is 12.3 Å². The number of aromatic nitrogens is 1. The molecule has 0 radical (unpaired) electrons. The van der Waals surface area contributed by atoms with E-state index in [0.717, 1.165) is 27.6 Å². The fourth-order valence-electron chi connectivity index (χ4n) is 1.72. The van der Waals surface area contributed by atoms with Gasteiger partial charge in [-0.1, -0.05) is 6.92 Å². The maximum Gasteiger partial charge on any atom is 0.357 e. The standard InChI is InChI=1S/C15H17NO3S/c1-4-9-19-12-7-5-11(6-8-12)14-16-13(10(2)20-14)15(17)18-3/h5-8H,4,9H2,1-3H3. The lowest BCUT2D eigenvalue weighted by atomic mass is 10.2. The zero-order valence-corrected chi connectivity index (χ0v) is 12.6. The maximum atomic E-state index is 11.6. The lowest BCUT2D eigenvalue weighted by Crippen LogP contribution is -2.03. The van der Waals surface area contributed by atoms with E-state index in [9.17, 15) is 4.79 Å². The van der Waals surface area contributed by atoms with Crippen LogP contribution in [-0.4, -0.2) is 24.7 Å². The normalized spacial score (nSPS) is 10.3. The monoisotopic (exact) mass is 291 g/mol. The molecular formula is C15H17NO3S. The maximum absolute atomic E-state index is 11.6. The van der Waals surface area contributed by atoms with Crippen molar-refractivity contribution in [2.24, 2.45) is 0 Å². The van der Waals surface area contributed by atoms with Crippen LogP contribution < -0.4 is 4.74 Å². The highest BCUT2D eigenvalue weighted by atomic mass is 32.1. The summed E-state index contributed by atoms with van der Waals surface area (Å²) in [5.41, 5.74) is 1.36. The molecule has 0 atom stereocenters. The Balaban J connectivity index is 2.21. The molecular weight excluding hydrogens is 274 g/mol. The molecule has 20 heavy (non-hydrogen) atoms. The Labute approximate surface area is 122 Å². The molecule has 106 valence electrons. The molecule has 0 N–H and O–H groups in total. The van der Waals surface area contributed by atoms with E-state index in [2.05, 4.69) is 11.9 Å². The van der Waals surface area contributed by atoms with E-state index in [1.807, 2.05) is 31.2 Å². The summed E-state index contributed by atoms with van der Waals surface area (Å²) in [5, 5.41) is 0.810. The zero-order valence-electron chi connectivity index (χ0n) is 11.8. The third kappa shape index (κ3) is 3.17. The van der Waals surface area contributed by atoms with Crippen molar-refractivity contribution < 1.29 is 14.3 Å². The zero-order chi connectivity index (χ0) is 14.5. The summed E-state index contributed by atoms with van der Waals surface area (Å²) in [7, 11) is 1.36. The third-order valence-electron chi connectivity index (χ3n) is 2.75. The van der Waals surface area contributed by atoms with Gasteiger partial charge in [0.05, 0.1) is 13.7 Å². The van der Waals surface area contributed by atoms with Crippen molar-refractivity contribution in [1.82, 2.24) is 4.98 Å². The number of aryl methyl sites for hydroxylation is 1. The average Bonchev–Trinajstić information content (AvgIpc) is 2.87. The highest BCUT2D eigenvalue weighted by Gasteiger charge is 2.16. The summed E-state index contributed by atoms with van der Waals surface area (Å²) in [6.45, 7) is 4.65. The molecule has 5 heteroatoms. The number of carbonyl (C=O) groups is 1. The lowest BCUT2D eigenvalue weighted by Gasteiger charge is -2.04. The number of methoxy groups -OCH3 is 1. The van der Waals surface area contributed by atoms with Gasteiger partial charge < -0.3 is 9.47 Å². The molecule has 2 aromatic rings. The second kappa shape index (κ2) is 6.52. The summed E-state index contributed by atoms with van der Waals surface area (Å²) in [6.07, 6.45) is 0.982. The molecule has 1 heterocycles. The quantitative estimate of drug-likeness (QED) is 0.788. The van der Waals surface area contributed by atoms with Crippen molar-refractivity contribution in [2.45, 2.75) is 20.3 Å². The van der Waals surface area contributed by atoms with E-state index in [1.54, 1.807) is 0 Å². The van der Waals surface area contributed by atoms with E-state index >= 15 is 0 Å². The van der Waals surface area contributed by atoms with Crippen molar-refractivity contribution in [3.8, 4) is 16.3 Å². The van der Waals surface area contributed by atoms with Crippen LogP contribution in [0, 0.1) is 6.92 Å². The Kier molecular flexibility index (Phi) is 4.74. The molecule has 1 aromatic carbocycles. The van der Waals surface area contributed by atoms with Gasteiger partial charge in [0.25, 0.3) is 0 Å². The molecule has 0 saturated heterocycles. The van der Waals surface area contributed by atoms with Crippen molar-refractivity contribution in [1.29, 1.82) is 0 Å². The van der Waals surface area contributed by atoms with Crippen LogP contribution in [0.25, 0.3) is 10.6 Å². The highest BCUT2D eigenvalue weighted by Crippen LogP contribution is 2.29. The summed E-state index contributed by atoms with van der Waals surface area (Å²) in [5.74, 6) is 0.449. The fraction of sp³-hybridized carbons (Fsp3) is 0.333. The van der Waals surface area contributed by atoms with Gasteiger partial charge in [-0.3, -0.25) is 0 Å². The molecule has 0 spiro atoms. The fourth-order valence-corrected chi connectivity index (χ4v) is 2.63. The minimum absolute atomic E-state index is 0.388. The number of hydrogen-bond acceptors (Lipinski definition) is 5. The molecule has 0 amide bonds. The van der Waals surface area contributed by atoms with Gasteiger partial charge in [-0.15, -0.1) is 11.3 Å². The van der Waals surface area contributed by atoms with Crippen molar-refractivity contribution in [3.05, 3.63) is 34.8 Å². The number of rotatable bonds is 5. The Morgan fingerprint density at radius 1 is 1.30 bits per heavy atom. The molecule has 0 aliphatic carbocycles. The predicted molar refractivity (Wildman–Crippen MR) is 79.4 cm³/mol. The molecule has 0 fully saturated rings. The van der Waals surface area contributed by atoms with Crippen LogP contribution in [0.1, 0.15) is 28.7 Å². The molecule has 0 unspecified atom stereocenters. The van der Waals surface area contributed by atoms with Gasteiger partial charge in [-0.25, -0.2) is 9.78 Å². The first kappa shape index (κ1) is 14.5. The van der Waals surface area contributed by atoms with Crippen LogP contribution in [0.15, 0.2) is 24.3 Å². The van der Waals surface area contributed by atoms with E-state index in [-0.39, 0.29) is 0 Å². The molecule has 0 saturated carbocycles. The molecule has 2 rings (SSSR count). The topological polar surface area (TPSA) is 48.4 Å². The third-order valence-corrected chi connectivity index (χ3v) is 3.77. The molecule has 0 bridgehead atoms. The Morgan fingerprint density at radius 3 is 2.60 bits per heavy atom. The number of ether oxygens (including phenoxy) is 2. The first-order valence-electron chi connectivity index (χ1n) is 6.44. The largest absolute Gasteiger partial charge is 0.494 e. The van der Waals surface area contributed by atoms with Crippen LogP contribution in [0.5, 0.6) is 5.75 Å². The Morgan fingerprint density at radius 2 is 2.00 bits per heavy atom. The highest BCUT2D eigenvalue weighted by molar-refractivity contribution is 7.15. The van der Waals surface area contributed by atoms with Gasteiger partial charge in [0, 0.05) is 10.4 Å². The van der Waals surface area contributed by atoms with Crippen LogP contribution >= 0.6 is 11.3 Å². The van der Waals surface area contributed by atoms with Crippen LogP contribution in [0.3, 0.4) is 0 Å². The van der Waals surface area contributed by atoms with Gasteiger partial charge in [-0.05, 0) is 37.6 Å². The number of benzene rings is 1. The predicted octanol–water partition coefficient (Wildman–Crippen LogP) is 3.69. The smallest absolute Gasteiger partial charge is 0.357 e. The molecule has 1 aromatic heterocycles. The average molecular weight is 291 g/mol.